The van der Waals surface area contributed by atoms with Gasteiger partial charge in [-0.1, -0.05) is 18.2 Å². The van der Waals surface area contributed by atoms with Crippen LogP contribution >= 0.6 is 0 Å². The lowest BCUT2D eigenvalue weighted by atomic mass is 9.85. The van der Waals surface area contributed by atoms with Crippen molar-refractivity contribution in [1.82, 2.24) is 10.2 Å². The topological polar surface area (TPSA) is 135 Å². The highest BCUT2D eigenvalue weighted by Gasteiger charge is 2.28. The Morgan fingerprint density at radius 1 is 1.21 bits per heavy atom. The minimum atomic E-state index is -0.706. The van der Waals surface area contributed by atoms with E-state index in [1.807, 2.05) is 24.3 Å². The molecule has 1 atom stereocenters. The average Bonchev–Trinajstić information content (AvgIpc) is 2.83. The number of ether oxygens (including phenoxy) is 1. The van der Waals surface area contributed by atoms with E-state index in [0.29, 0.717) is 37.9 Å². The first-order chi connectivity index (χ1) is 15.8. The van der Waals surface area contributed by atoms with Gasteiger partial charge in [0.25, 0.3) is 5.91 Å². The molecule has 1 unspecified atom stereocenters. The van der Waals surface area contributed by atoms with E-state index >= 15 is 0 Å². The van der Waals surface area contributed by atoms with Gasteiger partial charge in [0.2, 0.25) is 5.91 Å². The fourth-order valence-electron chi connectivity index (χ4n) is 4.20. The van der Waals surface area contributed by atoms with E-state index in [-0.39, 0.29) is 17.4 Å². The fourth-order valence-corrected chi connectivity index (χ4v) is 4.20. The van der Waals surface area contributed by atoms with Crippen molar-refractivity contribution >= 4 is 17.8 Å². The van der Waals surface area contributed by atoms with Crippen LogP contribution in [-0.4, -0.2) is 48.9 Å². The largest absolute Gasteiger partial charge is 0.497 e. The second-order valence-electron chi connectivity index (χ2n) is 8.17. The zero-order valence-corrected chi connectivity index (χ0v) is 18.6. The summed E-state index contributed by atoms with van der Waals surface area (Å²) in [5.41, 5.74) is 13.9. The van der Waals surface area contributed by atoms with Crippen LogP contribution in [0.15, 0.2) is 42.5 Å². The Balaban J connectivity index is 1.59. The number of nitrogens with two attached hydrogens (primary N) is 2. The maximum Gasteiger partial charge on any atom is 0.257 e. The van der Waals surface area contributed by atoms with Gasteiger partial charge in [0, 0.05) is 18.7 Å². The van der Waals surface area contributed by atoms with E-state index in [1.54, 1.807) is 24.1 Å². The van der Waals surface area contributed by atoms with Gasteiger partial charge in [0.05, 0.1) is 13.2 Å². The number of nitrogens with one attached hydrogen (secondary N) is 2. The van der Waals surface area contributed by atoms with Crippen molar-refractivity contribution in [2.45, 2.75) is 37.9 Å². The number of likely N-dealkylation sites (tertiary alicyclic amines) is 1. The lowest BCUT2D eigenvalue weighted by Gasteiger charge is -2.34. The lowest BCUT2D eigenvalue weighted by molar-refractivity contribution is -0.133. The van der Waals surface area contributed by atoms with Gasteiger partial charge in [-0.2, -0.15) is 0 Å². The molecule has 0 saturated carbocycles. The molecular weight excluding hydrogens is 425 g/mol. The summed E-state index contributed by atoms with van der Waals surface area (Å²) in [7, 11) is 1.60. The molecule has 0 aliphatic carbocycles. The first kappa shape index (κ1) is 24.2. The van der Waals surface area contributed by atoms with E-state index in [4.69, 9.17) is 21.6 Å². The third kappa shape index (κ3) is 6.07. The number of hydrogen-bond acceptors (Lipinski definition) is 5. The number of methoxy groups -OCH3 is 1. The number of amides is 2. The molecule has 6 N–H and O–H groups in total. The summed E-state index contributed by atoms with van der Waals surface area (Å²) >= 11 is 0. The molecule has 1 heterocycles. The zero-order chi connectivity index (χ0) is 24.0. The van der Waals surface area contributed by atoms with Gasteiger partial charge in [0.15, 0.2) is 5.96 Å². The fraction of sp³-hybridized carbons (Fsp3) is 0.375. The summed E-state index contributed by atoms with van der Waals surface area (Å²) in [6, 6.07) is 11.7. The Morgan fingerprint density at radius 2 is 1.88 bits per heavy atom. The molecule has 176 valence electrons. The number of carbonyl (C=O) groups excluding carboxylic acids is 2. The van der Waals surface area contributed by atoms with Crippen LogP contribution in [0.3, 0.4) is 0 Å². The first-order valence-electron chi connectivity index (χ1n) is 10.8. The van der Waals surface area contributed by atoms with Gasteiger partial charge in [0.1, 0.15) is 12.4 Å². The number of alkyl halides is 1. The number of benzene rings is 2. The molecule has 33 heavy (non-hydrogen) atoms. The molecule has 8 nitrogen and oxygen atoms in total. The van der Waals surface area contributed by atoms with Crippen molar-refractivity contribution in [3.05, 3.63) is 64.7 Å². The van der Waals surface area contributed by atoms with E-state index < -0.39 is 24.6 Å². The van der Waals surface area contributed by atoms with Gasteiger partial charge < -0.3 is 21.1 Å². The van der Waals surface area contributed by atoms with Crippen molar-refractivity contribution in [3.8, 4) is 5.75 Å². The van der Waals surface area contributed by atoms with Crippen molar-refractivity contribution in [2.24, 2.45) is 11.5 Å². The second-order valence-corrected chi connectivity index (χ2v) is 8.17. The van der Waals surface area contributed by atoms with E-state index in [9.17, 15) is 14.0 Å². The Labute approximate surface area is 192 Å². The predicted octanol–water partition coefficient (Wildman–Crippen LogP) is 2.06. The lowest BCUT2D eigenvalue weighted by Crippen LogP contribution is -2.47. The number of hydrogen-bond donors (Lipinski definition) is 4. The number of nitrogens with zero attached hydrogens (tertiary/aromatic N) is 1. The van der Waals surface area contributed by atoms with Crippen LogP contribution in [-0.2, 0) is 17.9 Å². The Morgan fingerprint density at radius 3 is 2.45 bits per heavy atom. The Bertz CT molecular complexity index is 1000. The summed E-state index contributed by atoms with van der Waals surface area (Å²) in [6.45, 7) is 0.374. The summed E-state index contributed by atoms with van der Waals surface area (Å²) < 4.78 is 18.9. The van der Waals surface area contributed by atoms with Crippen molar-refractivity contribution in [2.75, 3.05) is 20.2 Å². The van der Waals surface area contributed by atoms with Gasteiger partial charge >= 0.3 is 0 Å². The molecule has 1 saturated heterocycles. The molecule has 3 rings (SSSR count). The van der Waals surface area contributed by atoms with Crippen LogP contribution in [0.2, 0.25) is 0 Å². The van der Waals surface area contributed by atoms with E-state index in [2.05, 4.69) is 5.32 Å². The van der Waals surface area contributed by atoms with Gasteiger partial charge in [-0.3, -0.25) is 20.3 Å². The Kier molecular flexibility index (Phi) is 8.00. The molecule has 0 spiro atoms. The SMILES string of the molecule is COc1ccc(CC(N)C(=O)N2CCC(c3ccc(C(=O)NC(=N)N)cc3CF)CC2)cc1. The summed E-state index contributed by atoms with van der Waals surface area (Å²) in [6.07, 6.45) is 1.82. The van der Waals surface area contributed by atoms with Gasteiger partial charge in [-0.15, -0.1) is 0 Å². The molecule has 0 aromatic heterocycles. The first-order valence-corrected chi connectivity index (χ1v) is 10.8. The van der Waals surface area contributed by atoms with Crippen LogP contribution in [0.5, 0.6) is 5.75 Å². The van der Waals surface area contributed by atoms with Gasteiger partial charge in [-0.05, 0) is 66.1 Å². The number of rotatable bonds is 7. The van der Waals surface area contributed by atoms with E-state index in [0.717, 1.165) is 16.9 Å². The third-order valence-electron chi connectivity index (χ3n) is 5.98. The summed E-state index contributed by atoms with van der Waals surface area (Å²) in [5, 5.41) is 9.36. The van der Waals surface area contributed by atoms with Gasteiger partial charge in [-0.25, -0.2) is 4.39 Å². The number of guanidine groups is 1. The van der Waals surface area contributed by atoms with E-state index in [1.165, 1.54) is 6.07 Å². The van der Waals surface area contributed by atoms with Crippen LogP contribution in [0, 0.1) is 5.41 Å². The number of carbonyl (C=O) groups is 2. The highest BCUT2D eigenvalue weighted by molar-refractivity contribution is 6.04. The third-order valence-corrected chi connectivity index (χ3v) is 5.98. The zero-order valence-electron chi connectivity index (χ0n) is 18.6. The molecule has 1 fully saturated rings. The second kappa shape index (κ2) is 10.9. The van der Waals surface area contributed by atoms with Crippen LogP contribution in [0.25, 0.3) is 0 Å². The molecule has 1 aliphatic heterocycles. The molecule has 2 aromatic rings. The molecular formula is C24H30FN5O3. The standard InChI is InChI=1S/C24H30FN5O3/c1-33-19-5-2-15(3-6-19)12-21(26)23(32)30-10-8-16(9-11-30)20-7-4-17(13-18(20)14-25)22(31)29-24(27)28/h2-7,13,16,21H,8-12,14,26H2,1H3,(H4,27,28,29,31). The molecule has 2 aromatic carbocycles. The smallest absolute Gasteiger partial charge is 0.257 e. The van der Waals surface area contributed by atoms with Crippen LogP contribution in [0.1, 0.15) is 45.8 Å². The highest BCUT2D eigenvalue weighted by atomic mass is 19.1. The maximum absolute atomic E-state index is 13.7. The number of piperidine rings is 1. The Hall–Kier alpha value is -3.46. The van der Waals surface area contributed by atoms with Crippen molar-refractivity contribution < 1.29 is 18.7 Å². The molecule has 1 aliphatic rings. The maximum atomic E-state index is 13.7. The predicted molar refractivity (Wildman–Crippen MR) is 124 cm³/mol. The molecule has 0 bridgehead atoms. The summed E-state index contributed by atoms with van der Waals surface area (Å²) in [4.78, 5) is 26.7. The van der Waals surface area contributed by atoms with Crippen molar-refractivity contribution in [1.29, 1.82) is 5.41 Å². The average molecular weight is 456 g/mol. The van der Waals surface area contributed by atoms with Crippen LogP contribution in [0.4, 0.5) is 4.39 Å². The summed E-state index contributed by atoms with van der Waals surface area (Å²) in [5.74, 6) is -0.266. The molecule has 9 heteroatoms. The quantitative estimate of drug-likeness (QED) is 0.374. The molecule has 2 amide bonds. The highest BCUT2D eigenvalue weighted by Crippen LogP contribution is 2.32. The number of halogens is 1. The van der Waals surface area contributed by atoms with Crippen molar-refractivity contribution in [3.63, 3.8) is 0 Å². The molecule has 0 radical (unpaired) electrons. The monoisotopic (exact) mass is 455 g/mol. The minimum absolute atomic E-state index is 0.0857. The minimum Gasteiger partial charge on any atom is -0.497 e. The normalized spacial score (nSPS) is 15.1. The van der Waals surface area contributed by atoms with Crippen LogP contribution < -0.4 is 21.5 Å².